The summed E-state index contributed by atoms with van der Waals surface area (Å²) < 4.78 is 40.9. The van der Waals surface area contributed by atoms with Crippen LogP contribution in [0.3, 0.4) is 0 Å². The van der Waals surface area contributed by atoms with Crippen LogP contribution in [-0.4, -0.2) is 50.8 Å². The molecule has 0 saturated carbocycles. The van der Waals surface area contributed by atoms with Crippen LogP contribution < -0.4 is 5.32 Å². The second-order valence-corrected chi connectivity index (χ2v) is 8.90. The third-order valence-electron chi connectivity index (χ3n) is 5.73. The Bertz CT molecular complexity index is 1090. The number of nitrogens with one attached hydrogen (secondary N) is 1. The van der Waals surface area contributed by atoms with Gasteiger partial charge >= 0.3 is 12.2 Å². The number of alkyl halides is 3. The number of aromatic nitrogens is 1. The smallest absolute Gasteiger partial charge is 0.322 e. The Hall–Kier alpha value is -2.75. The molecule has 2 fully saturated rings. The lowest BCUT2D eigenvalue weighted by Gasteiger charge is -2.19. The van der Waals surface area contributed by atoms with E-state index in [1.54, 1.807) is 36.2 Å². The first-order chi connectivity index (χ1) is 14.5. The van der Waals surface area contributed by atoms with E-state index in [0.717, 1.165) is 22.8 Å². The van der Waals surface area contributed by atoms with Gasteiger partial charge in [0.1, 0.15) is 5.54 Å². The number of amides is 3. The van der Waals surface area contributed by atoms with Gasteiger partial charge in [0.25, 0.3) is 5.91 Å². The average molecular weight is 451 g/mol. The van der Waals surface area contributed by atoms with Crippen molar-refractivity contribution in [1.29, 1.82) is 0 Å². The Kier molecular flexibility index (Phi) is 5.15. The topological polar surface area (TPSA) is 71.4 Å². The molecule has 164 valence electrons. The number of Topliss-reactive ketones (excluding diaryl/α,β-unsaturated/α-hetero) is 1. The molecule has 31 heavy (non-hydrogen) atoms. The maximum Gasteiger partial charge on any atom is 0.416 e. The fraction of sp³-hybridized carbons (Fsp3) is 0.381. The fourth-order valence-electron chi connectivity index (χ4n) is 4.14. The van der Waals surface area contributed by atoms with Gasteiger partial charge in [-0.05, 0) is 50.3 Å². The number of nitrogens with zero attached hydrogens (tertiary/aromatic N) is 2. The predicted molar refractivity (Wildman–Crippen MR) is 109 cm³/mol. The van der Waals surface area contributed by atoms with Crippen LogP contribution in [0, 0.1) is 13.8 Å². The van der Waals surface area contributed by atoms with E-state index >= 15 is 0 Å². The Morgan fingerprint density at radius 2 is 1.97 bits per heavy atom. The fourth-order valence-corrected chi connectivity index (χ4v) is 5.47. The van der Waals surface area contributed by atoms with Crippen molar-refractivity contribution in [3.63, 3.8) is 0 Å². The number of urea groups is 1. The molecule has 6 nitrogen and oxygen atoms in total. The van der Waals surface area contributed by atoms with Crippen molar-refractivity contribution in [2.75, 3.05) is 18.1 Å². The summed E-state index contributed by atoms with van der Waals surface area (Å²) in [5.41, 5.74) is -0.166. The van der Waals surface area contributed by atoms with Crippen molar-refractivity contribution in [2.45, 2.75) is 32.0 Å². The first-order valence-corrected chi connectivity index (χ1v) is 10.8. The molecular weight excluding hydrogens is 431 g/mol. The monoisotopic (exact) mass is 451 g/mol. The highest BCUT2D eigenvalue weighted by Gasteiger charge is 2.53. The van der Waals surface area contributed by atoms with E-state index in [4.69, 9.17) is 0 Å². The Morgan fingerprint density at radius 3 is 2.61 bits per heavy atom. The summed E-state index contributed by atoms with van der Waals surface area (Å²) in [6.07, 6.45) is -3.96. The highest BCUT2D eigenvalue weighted by molar-refractivity contribution is 7.99. The van der Waals surface area contributed by atoms with E-state index < -0.39 is 41.5 Å². The van der Waals surface area contributed by atoms with Gasteiger partial charge in [0.2, 0.25) is 0 Å². The zero-order valence-corrected chi connectivity index (χ0v) is 17.7. The quantitative estimate of drug-likeness (QED) is 0.568. The van der Waals surface area contributed by atoms with E-state index in [2.05, 4.69) is 5.32 Å². The molecule has 0 radical (unpaired) electrons. The van der Waals surface area contributed by atoms with Gasteiger partial charge in [0, 0.05) is 28.4 Å². The first-order valence-electron chi connectivity index (χ1n) is 9.65. The minimum Gasteiger partial charge on any atom is -0.322 e. The number of thioether (sulfide) groups is 1. The molecule has 2 aromatic rings. The van der Waals surface area contributed by atoms with Crippen molar-refractivity contribution in [3.05, 3.63) is 52.8 Å². The second kappa shape index (κ2) is 7.44. The van der Waals surface area contributed by atoms with Gasteiger partial charge < -0.3 is 9.88 Å². The molecule has 3 amide bonds. The average Bonchev–Trinajstić information content (AvgIpc) is 3.35. The zero-order valence-electron chi connectivity index (χ0n) is 16.9. The van der Waals surface area contributed by atoms with Crippen molar-refractivity contribution in [3.8, 4) is 5.69 Å². The largest absolute Gasteiger partial charge is 0.416 e. The van der Waals surface area contributed by atoms with Crippen LogP contribution in [0.25, 0.3) is 5.69 Å². The molecular formula is C21H20F3N3O3S. The number of carbonyl (C=O) groups excluding carboxylic acids is 3. The van der Waals surface area contributed by atoms with Crippen molar-refractivity contribution in [2.24, 2.45) is 0 Å². The Labute approximate surface area is 180 Å². The van der Waals surface area contributed by atoms with Crippen molar-refractivity contribution >= 4 is 29.5 Å². The van der Waals surface area contributed by atoms with Crippen LogP contribution in [0.5, 0.6) is 0 Å². The highest BCUT2D eigenvalue weighted by Crippen LogP contribution is 2.34. The van der Waals surface area contributed by atoms with Crippen LogP contribution >= 0.6 is 11.8 Å². The molecule has 1 aromatic carbocycles. The Morgan fingerprint density at radius 1 is 1.23 bits per heavy atom. The number of hydrogen-bond acceptors (Lipinski definition) is 4. The zero-order chi connectivity index (χ0) is 22.6. The molecule has 0 aliphatic carbocycles. The number of carbonyl (C=O) groups is 3. The lowest BCUT2D eigenvalue weighted by molar-refractivity contribution is -0.137. The van der Waals surface area contributed by atoms with Crippen molar-refractivity contribution in [1.82, 2.24) is 14.8 Å². The predicted octanol–water partition coefficient (Wildman–Crippen LogP) is 3.72. The van der Waals surface area contributed by atoms with Crippen LogP contribution in [0.15, 0.2) is 30.3 Å². The number of benzene rings is 1. The van der Waals surface area contributed by atoms with Gasteiger partial charge in [0.15, 0.2) is 5.78 Å². The highest BCUT2D eigenvalue weighted by atomic mass is 32.2. The minimum atomic E-state index is -4.48. The third kappa shape index (κ3) is 3.62. The summed E-state index contributed by atoms with van der Waals surface area (Å²) in [5.74, 6) is 0.387. The van der Waals surface area contributed by atoms with Crippen LogP contribution in [0.1, 0.15) is 33.7 Å². The van der Waals surface area contributed by atoms with E-state index in [1.165, 1.54) is 12.1 Å². The maximum atomic E-state index is 13.1. The molecule has 10 heteroatoms. The second-order valence-electron chi connectivity index (χ2n) is 7.80. The number of halogens is 3. The molecule has 2 saturated heterocycles. The van der Waals surface area contributed by atoms with E-state index in [9.17, 15) is 27.6 Å². The lowest BCUT2D eigenvalue weighted by atomic mass is 9.99. The van der Waals surface area contributed by atoms with Gasteiger partial charge in [-0.15, -0.1) is 0 Å². The summed E-state index contributed by atoms with van der Waals surface area (Å²) in [6, 6.07) is 5.82. The number of rotatable bonds is 4. The maximum absolute atomic E-state index is 13.1. The normalized spacial score (nSPS) is 21.3. The summed E-state index contributed by atoms with van der Waals surface area (Å²) in [4.78, 5) is 39.0. The Balaban J connectivity index is 1.61. The van der Waals surface area contributed by atoms with Crippen molar-refractivity contribution < 1.29 is 27.6 Å². The molecule has 4 rings (SSSR count). The molecule has 3 heterocycles. The molecule has 2 aliphatic heterocycles. The summed E-state index contributed by atoms with van der Waals surface area (Å²) >= 11 is 1.57. The van der Waals surface area contributed by atoms with E-state index in [-0.39, 0.29) is 11.3 Å². The standard InChI is InChI=1S/C21H20F3N3O3S/c1-12-8-16(13(2)27(12)15-5-3-4-14(9-15)21(22,23)24)17(28)10-26-18(29)20(25-19(26)30)6-7-31-11-20/h3-5,8-9H,6-7,10-11H2,1-2H3,(H,25,30). The van der Waals surface area contributed by atoms with Gasteiger partial charge in [-0.1, -0.05) is 6.07 Å². The van der Waals surface area contributed by atoms with Crippen LogP contribution in [-0.2, 0) is 11.0 Å². The van der Waals surface area contributed by atoms with Gasteiger partial charge in [0.05, 0.1) is 12.1 Å². The number of ketones is 1. The molecule has 1 aromatic heterocycles. The summed E-state index contributed by atoms with van der Waals surface area (Å²) in [6.45, 7) is 2.90. The molecule has 1 atom stereocenters. The molecule has 1 N–H and O–H groups in total. The molecule has 0 bridgehead atoms. The number of imide groups is 1. The SMILES string of the molecule is Cc1cc(C(=O)CN2C(=O)NC3(CCSC3)C2=O)c(C)n1-c1cccc(C(F)(F)F)c1. The third-order valence-corrected chi connectivity index (χ3v) is 6.92. The lowest BCUT2D eigenvalue weighted by Crippen LogP contribution is -2.47. The minimum absolute atomic E-state index is 0.261. The summed E-state index contributed by atoms with van der Waals surface area (Å²) in [5, 5.41) is 2.72. The molecule has 1 unspecified atom stereocenters. The molecule has 1 spiro atoms. The van der Waals surface area contributed by atoms with E-state index in [0.29, 0.717) is 23.6 Å². The van der Waals surface area contributed by atoms with E-state index in [1.807, 2.05) is 0 Å². The molecule has 2 aliphatic rings. The van der Waals surface area contributed by atoms with Gasteiger partial charge in [-0.3, -0.25) is 14.5 Å². The van der Waals surface area contributed by atoms with Crippen LogP contribution in [0.2, 0.25) is 0 Å². The van der Waals surface area contributed by atoms with Gasteiger partial charge in [-0.2, -0.15) is 24.9 Å². The first kappa shape index (κ1) is 21.5. The van der Waals surface area contributed by atoms with Crippen LogP contribution in [0.4, 0.5) is 18.0 Å². The van der Waals surface area contributed by atoms with Gasteiger partial charge in [-0.25, -0.2) is 4.79 Å². The number of hydrogen-bond donors (Lipinski definition) is 1. The summed E-state index contributed by atoms with van der Waals surface area (Å²) in [7, 11) is 0. The number of aryl methyl sites for hydroxylation is 1.